The summed E-state index contributed by atoms with van der Waals surface area (Å²) in [4.78, 5) is 34.3. The molecule has 0 unspecified atom stereocenters. The van der Waals surface area contributed by atoms with Crippen LogP contribution in [-0.2, 0) is 12.8 Å². The van der Waals surface area contributed by atoms with Crippen molar-refractivity contribution in [1.29, 1.82) is 0 Å². The molecule has 226 valence electrons. The SMILES string of the molecule is CCCCCCCCc1ccc(C(=O)O)c(C(=O)O)c1.CCCCCCCCc1ccc(C(=O)c2ccccc2)cc1. The molecule has 0 spiro atoms. The highest BCUT2D eigenvalue weighted by Gasteiger charge is 2.16. The first-order chi connectivity index (χ1) is 20.4. The Balaban J connectivity index is 0.000000295. The molecule has 0 amide bonds. The van der Waals surface area contributed by atoms with Crippen LogP contribution in [0, 0.1) is 0 Å². The second-order valence-electron chi connectivity index (χ2n) is 10.9. The molecule has 0 atom stereocenters. The van der Waals surface area contributed by atoms with Crippen molar-refractivity contribution in [3.63, 3.8) is 0 Å². The van der Waals surface area contributed by atoms with Crippen LogP contribution in [-0.4, -0.2) is 27.9 Å². The van der Waals surface area contributed by atoms with E-state index >= 15 is 0 Å². The molecule has 0 aliphatic heterocycles. The third kappa shape index (κ3) is 12.8. The molecule has 42 heavy (non-hydrogen) atoms. The summed E-state index contributed by atoms with van der Waals surface area (Å²) in [6.07, 6.45) is 16.9. The topological polar surface area (TPSA) is 91.7 Å². The van der Waals surface area contributed by atoms with E-state index in [-0.39, 0.29) is 16.9 Å². The maximum atomic E-state index is 12.3. The number of carboxylic acids is 2. The van der Waals surface area contributed by atoms with Gasteiger partial charge in [0.1, 0.15) is 0 Å². The van der Waals surface area contributed by atoms with Gasteiger partial charge in [-0.3, -0.25) is 4.79 Å². The molecule has 0 radical (unpaired) electrons. The predicted molar refractivity (Wildman–Crippen MR) is 171 cm³/mol. The van der Waals surface area contributed by atoms with Gasteiger partial charge >= 0.3 is 11.9 Å². The van der Waals surface area contributed by atoms with Gasteiger partial charge in [0.25, 0.3) is 0 Å². The van der Waals surface area contributed by atoms with E-state index < -0.39 is 11.9 Å². The Morgan fingerprint density at radius 1 is 0.500 bits per heavy atom. The molecule has 5 heteroatoms. The Kier molecular flexibility index (Phi) is 16.6. The highest BCUT2D eigenvalue weighted by molar-refractivity contribution is 6.08. The fraction of sp³-hybridized carbons (Fsp3) is 0.432. The van der Waals surface area contributed by atoms with E-state index in [0.29, 0.717) is 0 Å². The lowest BCUT2D eigenvalue weighted by Gasteiger charge is -2.06. The molecule has 0 saturated carbocycles. The van der Waals surface area contributed by atoms with Gasteiger partial charge in [-0.2, -0.15) is 0 Å². The number of aromatic carboxylic acids is 2. The average molecular weight is 573 g/mol. The van der Waals surface area contributed by atoms with Crippen LogP contribution in [0.5, 0.6) is 0 Å². The molecule has 0 fully saturated rings. The Labute approximate surface area is 252 Å². The van der Waals surface area contributed by atoms with Gasteiger partial charge in [0.2, 0.25) is 0 Å². The summed E-state index contributed by atoms with van der Waals surface area (Å²) < 4.78 is 0. The monoisotopic (exact) mass is 572 g/mol. The predicted octanol–water partition coefficient (Wildman–Crippen LogP) is 9.81. The fourth-order valence-corrected chi connectivity index (χ4v) is 4.91. The second kappa shape index (κ2) is 20.2. The number of carbonyl (C=O) groups is 3. The maximum Gasteiger partial charge on any atom is 0.336 e. The number of benzene rings is 3. The van der Waals surface area contributed by atoms with Gasteiger partial charge in [0, 0.05) is 11.1 Å². The molecular weight excluding hydrogens is 524 g/mol. The van der Waals surface area contributed by atoms with E-state index in [9.17, 15) is 14.4 Å². The van der Waals surface area contributed by atoms with Gasteiger partial charge < -0.3 is 10.2 Å². The molecule has 2 N–H and O–H groups in total. The van der Waals surface area contributed by atoms with Crippen molar-refractivity contribution >= 4 is 17.7 Å². The molecule has 0 aliphatic rings. The highest BCUT2D eigenvalue weighted by atomic mass is 16.4. The Bertz CT molecular complexity index is 1210. The summed E-state index contributed by atoms with van der Waals surface area (Å²) in [6, 6.07) is 22.2. The molecule has 0 aromatic heterocycles. The van der Waals surface area contributed by atoms with E-state index in [1.165, 1.54) is 81.9 Å². The highest BCUT2D eigenvalue weighted by Crippen LogP contribution is 2.16. The number of unbranched alkanes of at least 4 members (excludes halogenated alkanes) is 10. The lowest BCUT2D eigenvalue weighted by Crippen LogP contribution is -2.08. The number of carboxylic acid groups (broad SMARTS) is 2. The van der Waals surface area contributed by atoms with Crippen molar-refractivity contribution in [3.8, 4) is 0 Å². The van der Waals surface area contributed by atoms with Crippen LogP contribution < -0.4 is 0 Å². The van der Waals surface area contributed by atoms with Crippen LogP contribution in [0.2, 0.25) is 0 Å². The molecule has 3 aromatic carbocycles. The van der Waals surface area contributed by atoms with E-state index in [1.54, 1.807) is 6.07 Å². The number of rotatable bonds is 18. The zero-order valence-electron chi connectivity index (χ0n) is 25.4. The fourth-order valence-electron chi connectivity index (χ4n) is 4.91. The second-order valence-corrected chi connectivity index (χ2v) is 10.9. The third-order valence-electron chi connectivity index (χ3n) is 7.43. The number of carbonyl (C=O) groups excluding carboxylic acids is 1. The molecule has 0 aliphatic carbocycles. The van der Waals surface area contributed by atoms with E-state index in [4.69, 9.17) is 10.2 Å². The first-order valence-electron chi connectivity index (χ1n) is 15.7. The molecule has 3 rings (SSSR count). The van der Waals surface area contributed by atoms with Crippen molar-refractivity contribution in [2.75, 3.05) is 0 Å². The molecule has 0 heterocycles. The van der Waals surface area contributed by atoms with Gasteiger partial charge in [0.05, 0.1) is 11.1 Å². The smallest absolute Gasteiger partial charge is 0.336 e. The number of hydrogen-bond donors (Lipinski definition) is 2. The molecule has 0 bridgehead atoms. The van der Waals surface area contributed by atoms with Crippen molar-refractivity contribution < 1.29 is 24.6 Å². The van der Waals surface area contributed by atoms with Crippen molar-refractivity contribution in [1.82, 2.24) is 0 Å². The number of hydrogen-bond acceptors (Lipinski definition) is 3. The first kappa shape index (κ1) is 34.5. The van der Waals surface area contributed by atoms with Crippen LogP contribution in [0.4, 0.5) is 0 Å². The zero-order valence-corrected chi connectivity index (χ0v) is 25.4. The summed E-state index contributed by atoms with van der Waals surface area (Å²) in [5.41, 5.74) is 3.48. The minimum atomic E-state index is -1.20. The van der Waals surface area contributed by atoms with Gasteiger partial charge in [-0.05, 0) is 48.9 Å². The largest absolute Gasteiger partial charge is 0.478 e. The number of aryl methyl sites for hydroxylation is 2. The zero-order chi connectivity index (χ0) is 30.6. The van der Waals surface area contributed by atoms with Gasteiger partial charge in [0.15, 0.2) is 5.78 Å². The van der Waals surface area contributed by atoms with Crippen molar-refractivity contribution in [2.24, 2.45) is 0 Å². The van der Waals surface area contributed by atoms with Crippen LogP contribution >= 0.6 is 0 Å². The number of ketones is 1. The van der Waals surface area contributed by atoms with Crippen LogP contribution in [0.3, 0.4) is 0 Å². The third-order valence-corrected chi connectivity index (χ3v) is 7.43. The standard InChI is InChI=1S/C21H26O.C16H22O4/c1-2-3-4-5-6-8-11-18-14-16-20(17-15-18)21(22)19-12-9-7-10-13-19;1-2-3-4-5-6-7-8-12-9-10-13(15(17)18)14(11-12)16(19)20/h7,9-10,12-17H,2-6,8,11H2,1H3;9-11H,2-8H2,1H3,(H,17,18)(H,19,20). The quantitative estimate of drug-likeness (QED) is 0.117. The van der Waals surface area contributed by atoms with E-state index in [2.05, 4.69) is 26.0 Å². The summed E-state index contributed by atoms with van der Waals surface area (Å²) in [7, 11) is 0. The Morgan fingerprint density at radius 2 is 0.952 bits per heavy atom. The Hall–Kier alpha value is -3.73. The summed E-state index contributed by atoms with van der Waals surface area (Å²) in [5.74, 6) is -2.28. The summed E-state index contributed by atoms with van der Waals surface area (Å²) >= 11 is 0. The van der Waals surface area contributed by atoms with E-state index in [0.717, 1.165) is 42.4 Å². The lowest BCUT2D eigenvalue weighted by molar-refractivity contribution is 0.0651. The Morgan fingerprint density at radius 3 is 1.48 bits per heavy atom. The molecule has 5 nitrogen and oxygen atoms in total. The van der Waals surface area contributed by atoms with Crippen molar-refractivity contribution in [2.45, 2.75) is 104 Å². The van der Waals surface area contributed by atoms with Gasteiger partial charge in [-0.25, -0.2) is 9.59 Å². The summed E-state index contributed by atoms with van der Waals surface area (Å²) in [5, 5.41) is 18.0. The average Bonchev–Trinajstić information content (AvgIpc) is 3.01. The molecule has 0 saturated heterocycles. The lowest BCUT2D eigenvalue weighted by atomic mass is 9.99. The minimum absolute atomic E-state index is 0.103. The maximum absolute atomic E-state index is 12.3. The minimum Gasteiger partial charge on any atom is -0.478 e. The van der Waals surface area contributed by atoms with Crippen molar-refractivity contribution in [3.05, 3.63) is 106 Å². The van der Waals surface area contributed by atoms with Crippen LogP contribution in [0.1, 0.15) is 139 Å². The normalized spacial score (nSPS) is 10.5. The molecule has 3 aromatic rings. The first-order valence-corrected chi connectivity index (χ1v) is 15.7. The van der Waals surface area contributed by atoms with Gasteiger partial charge in [-0.15, -0.1) is 0 Å². The van der Waals surface area contributed by atoms with Crippen LogP contribution in [0.25, 0.3) is 0 Å². The van der Waals surface area contributed by atoms with E-state index in [1.807, 2.05) is 42.5 Å². The van der Waals surface area contributed by atoms with Crippen LogP contribution in [0.15, 0.2) is 72.8 Å². The molecular formula is C37H48O5. The van der Waals surface area contributed by atoms with Gasteiger partial charge in [-0.1, -0.05) is 139 Å². The summed E-state index contributed by atoms with van der Waals surface area (Å²) in [6.45, 7) is 4.43.